The van der Waals surface area contributed by atoms with Gasteiger partial charge >= 0.3 is 0 Å². The van der Waals surface area contributed by atoms with Crippen molar-refractivity contribution in [3.8, 4) is 0 Å². The molecule has 0 aliphatic heterocycles. The van der Waals surface area contributed by atoms with Gasteiger partial charge in [-0.3, -0.25) is 9.78 Å². The molecule has 2 aromatic heterocycles. The topological polar surface area (TPSA) is 71.0 Å². The van der Waals surface area contributed by atoms with Crippen molar-refractivity contribution in [2.45, 2.75) is 57.9 Å². The van der Waals surface area contributed by atoms with E-state index in [1.54, 1.807) is 18.5 Å². The van der Waals surface area contributed by atoms with Crippen LogP contribution in [0, 0.1) is 6.92 Å². The number of hydrogen-bond acceptors (Lipinski definition) is 5. The quantitative estimate of drug-likeness (QED) is 0.793. The zero-order valence-corrected chi connectivity index (χ0v) is 16.3. The second kappa shape index (κ2) is 9.44. The summed E-state index contributed by atoms with van der Waals surface area (Å²) in [5, 5.41) is 3.17. The minimum atomic E-state index is -0.0869. The van der Waals surface area contributed by atoms with Crippen LogP contribution < -0.4 is 10.2 Å². The van der Waals surface area contributed by atoms with Crippen molar-refractivity contribution in [1.29, 1.82) is 0 Å². The second-order valence-corrected chi connectivity index (χ2v) is 7.38. The van der Waals surface area contributed by atoms with E-state index in [-0.39, 0.29) is 11.9 Å². The Balaban J connectivity index is 1.64. The summed E-state index contributed by atoms with van der Waals surface area (Å²) in [5.41, 5.74) is 2.48. The lowest BCUT2D eigenvalue weighted by atomic mass is 10.1. The smallest absolute Gasteiger partial charge is 0.270 e. The molecule has 3 rings (SSSR count). The molecule has 1 N–H and O–H groups in total. The molecular formula is C21H29N5O. The Morgan fingerprint density at radius 3 is 2.56 bits per heavy atom. The van der Waals surface area contributed by atoms with Gasteiger partial charge in [-0.25, -0.2) is 9.97 Å². The van der Waals surface area contributed by atoms with Crippen molar-refractivity contribution in [2.24, 2.45) is 0 Å². The third kappa shape index (κ3) is 5.74. The van der Waals surface area contributed by atoms with Crippen molar-refractivity contribution in [3.05, 3.63) is 47.5 Å². The number of aryl methyl sites for hydroxylation is 1. The average molecular weight is 367 g/mol. The Morgan fingerprint density at radius 1 is 1.15 bits per heavy atom. The summed E-state index contributed by atoms with van der Waals surface area (Å²) in [6.07, 6.45) is 11.5. The van der Waals surface area contributed by atoms with E-state index in [1.807, 2.05) is 31.0 Å². The number of carbonyl (C=O) groups is 1. The van der Waals surface area contributed by atoms with Gasteiger partial charge in [0.1, 0.15) is 5.69 Å². The van der Waals surface area contributed by atoms with Gasteiger partial charge in [0.25, 0.3) is 5.91 Å². The number of hydrogen-bond donors (Lipinski definition) is 1. The maximum Gasteiger partial charge on any atom is 0.270 e. The van der Waals surface area contributed by atoms with Crippen molar-refractivity contribution in [1.82, 2.24) is 20.3 Å². The molecule has 2 aromatic rings. The van der Waals surface area contributed by atoms with Crippen LogP contribution in [0.2, 0.25) is 0 Å². The van der Waals surface area contributed by atoms with Gasteiger partial charge in [-0.05, 0) is 49.9 Å². The summed E-state index contributed by atoms with van der Waals surface area (Å²) in [5.74, 6) is 0.506. The van der Waals surface area contributed by atoms with E-state index in [0.29, 0.717) is 11.6 Å². The van der Waals surface area contributed by atoms with Gasteiger partial charge in [0.15, 0.2) is 0 Å². The van der Waals surface area contributed by atoms with Crippen molar-refractivity contribution >= 4 is 11.9 Å². The maximum absolute atomic E-state index is 12.7. The number of pyridine rings is 1. The predicted octanol–water partition coefficient (Wildman–Crippen LogP) is 3.31. The molecule has 0 atom stereocenters. The zero-order valence-electron chi connectivity index (χ0n) is 16.3. The van der Waals surface area contributed by atoms with Crippen LogP contribution in [-0.4, -0.2) is 40.5 Å². The minimum absolute atomic E-state index is 0.0869. The standard InChI is InChI=1S/C21H29N5O/c1-16-15-19(20(27)24-18-7-5-3-4-6-8-18)25-21(23-16)26(2)14-11-17-9-12-22-13-10-17/h9-10,12-13,15,18H,3-8,11,14H2,1-2H3,(H,24,27). The van der Waals surface area contributed by atoms with Crippen molar-refractivity contribution < 1.29 is 4.79 Å². The van der Waals surface area contributed by atoms with Crippen molar-refractivity contribution in [3.63, 3.8) is 0 Å². The molecule has 1 fully saturated rings. The third-order valence-electron chi connectivity index (χ3n) is 5.09. The molecular weight excluding hydrogens is 338 g/mol. The van der Waals surface area contributed by atoms with Crippen LogP contribution in [-0.2, 0) is 6.42 Å². The first-order valence-corrected chi connectivity index (χ1v) is 9.88. The molecule has 0 aromatic carbocycles. The number of nitrogens with zero attached hydrogens (tertiary/aromatic N) is 4. The molecule has 2 heterocycles. The second-order valence-electron chi connectivity index (χ2n) is 7.38. The van der Waals surface area contributed by atoms with Gasteiger partial charge in [-0.2, -0.15) is 0 Å². The van der Waals surface area contributed by atoms with Crippen molar-refractivity contribution in [2.75, 3.05) is 18.5 Å². The summed E-state index contributed by atoms with van der Waals surface area (Å²) in [6.45, 7) is 2.68. The van der Waals surface area contributed by atoms with E-state index in [9.17, 15) is 4.79 Å². The van der Waals surface area contributed by atoms with Crippen LogP contribution in [0.4, 0.5) is 5.95 Å². The number of aromatic nitrogens is 3. The van der Waals surface area contributed by atoms with Crippen LogP contribution in [0.1, 0.15) is 60.3 Å². The van der Waals surface area contributed by atoms with E-state index in [1.165, 1.54) is 31.2 Å². The van der Waals surface area contributed by atoms with Gasteiger partial charge in [-0.1, -0.05) is 25.7 Å². The lowest BCUT2D eigenvalue weighted by Crippen LogP contribution is -2.35. The molecule has 6 nitrogen and oxygen atoms in total. The molecule has 0 spiro atoms. The molecule has 1 aliphatic carbocycles. The highest BCUT2D eigenvalue weighted by molar-refractivity contribution is 5.92. The van der Waals surface area contributed by atoms with E-state index >= 15 is 0 Å². The van der Waals surface area contributed by atoms with E-state index in [4.69, 9.17) is 0 Å². The number of carbonyl (C=O) groups excluding carboxylic acids is 1. The SMILES string of the molecule is Cc1cc(C(=O)NC2CCCCCC2)nc(N(C)CCc2ccncc2)n1. The lowest BCUT2D eigenvalue weighted by molar-refractivity contribution is 0.0928. The summed E-state index contributed by atoms with van der Waals surface area (Å²) in [7, 11) is 1.96. The van der Waals surface area contributed by atoms with E-state index in [2.05, 4.69) is 20.3 Å². The van der Waals surface area contributed by atoms with Crippen LogP contribution in [0.5, 0.6) is 0 Å². The molecule has 1 saturated carbocycles. The van der Waals surface area contributed by atoms with Gasteiger partial charge in [0.05, 0.1) is 0 Å². The Morgan fingerprint density at radius 2 is 1.85 bits per heavy atom. The Bertz CT molecular complexity index is 741. The summed E-state index contributed by atoms with van der Waals surface area (Å²) in [4.78, 5) is 27.8. The number of nitrogens with one attached hydrogen (secondary N) is 1. The summed E-state index contributed by atoms with van der Waals surface area (Å²) in [6, 6.07) is 6.06. The highest BCUT2D eigenvalue weighted by atomic mass is 16.1. The molecule has 0 radical (unpaired) electrons. The minimum Gasteiger partial charge on any atom is -0.348 e. The number of amides is 1. The van der Waals surface area contributed by atoms with Crippen LogP contribution >= 0.6 is 0 Å². The van der Waals surface area contributed by atoms with E-state index in [0.717, 1.165) is 31.5 Å². The normalized spacial score (nSPS) is 15.2. The number of rotatable bonds is 6. The molecule has 0 bridgehead atoms. The number of likely N-dealkylation sites (N-methyl/N-ethyl adjacent to an activating group) is 1. The Labute approximate surface area is 161 Å². The monoisotopic (exact) mass is 367 g/mol. The van der Waals surface area contributed by atoms with Crippen LogP contribution in [0.3, 0.4) is 0 Å². The van der Waals surface area contributed by atoms with Gasteiger partial charge in [0, 0.05) is 37.7 Å². The van der Waals surface area contributed by atoms with Crippen LogP contribution in [0.25, 0.3) is 0 Å². The van der Waals surface area contributed by atoms with Gasteiger partial charge < -0.3 is 10.2 Å². The molecule has 27 heavy (non-hydrogen) atoms. The third-order valence-corrected chi connectivity index (χ3v) is 5.09. The first-order valence-electron chi connectivity index (χ1n) is 9.88. The molecule has 1 amide bonds. The largest absolute Gasteiger partial charge is 0.348 e. The summed E-state index contributed by atoms with van der Waals surface area (Å²) >= 11 is 0. The first-order chi connectivity index (χ1) is 13.1. The van der Waals surface area contributed by atoms with Gasteiger partial charge in [-0.15, -0.1) is 0 Å². The van der Waals surface area contributed by atoms with Gasteiger partial charge in [0.2, 0.25) is 5.95 Å². The van der Waals surface area contributed by atoms with E-state index < -0.39 is 0 Å². The fourth-order valence-electron chi connectivity index (χ4n) is 3.47. The molecule has 0 unspecified atom stereocenters. The Hall–Kier alpha value is -2.50. The number of anilines is 1. The molecule has 144 valence electrons. The predicted molar refractivity (Wildman–Crippen MR) is 107 cm³/mol. The maximum atomic E-state index is 12.7. The lowest BCUT2D eigenvalue weighted by Gasteiger charge is -2.19. The fourth-order valence-corrected chi connectivity index (χ4v) is 3.47. The molecule has 6 heteroatoms. The molecule has 1 aliphatic rings. The fraction of sp³-hybridized carbons (Fsp3) is 0.524. The highest BCUT2D eigenvalue weighted by Crippen LogP contribution is 2.18. The Kier molecular flexibility index (Phi) is 6.74. The summed E-state index contributed by atoms with van der Waals surface area (Å²) < 4.78 is 0. The molecule has 0 saturated heterocycles. The zero-order chi connectivity index (χ0) is 19.1. The average Bonchev–Trinajstić information content (AvgIpc) is 2.95. The van der Waals surface area contributed by atoms with Crippen LogP contribution in [0.15, 0.2) is 30.6 Å². The highest BCUT2D eigenvalue weighted by Gasteiger charge is 2.18. The first kappa shape index (κ1) is 19.3.